The molecule has 3 aliphatic rings. The van der Waals surface area contributed by atoms with E-state index >= 15 is 0 Å². The lowest BCUT2D eigenvalue weighted by atomic mass is 9.78. The van der Waals surface area contributed by atoms with Crippen LogP contribution >= 0.6 is 0 Å². The SMILES string of the molecule is COc1ccc(N2C(=O)[C@@H]3[C@@H]4C[C@@H]([C@@H](O)[C@H]4O)[C@@H]3C2=O)cc1. The number of nitrogens with zero attached hydrogens (tertiary/aromatic N) is 1. The molecule has 116 valence electrons. The van der Waals surface area contributed by atoms with Crippen LogP contribution in [0.3, 0.4) is 0 Å². The molecule has 1 heterocycles. The number of imide groups is 1. The summed E-state index contributed by atoms with van der Waals surface area (Å²) in [4.78, 5) is 26.5. The molecular formula is C16H17NO5. The first-order valence-electron chi connectivity index (χ1n) is 7.42. The molecule has 1 aromatic carbocycles. The van der Waals surface area contributed by atoms with Crippen LogP contribution in [-0.4, -0.2) is 41.3 Å². The average molecular weight is 303 g/mol. The van der Waals surface area contributed by atoms with Gasteiger partial charge in [0.1, 0.15) is 5.75 Å². The molecule has 0 radical (unpaired) electrons. The van der Waals surface area contributed by atoms with Crippen LogP contribution in [0.2, 0.25) is 0 Å². The Hall–Kier alpha value is -1.92. The number of anilines is 1. The second kappa shape index (κ2) is 4.54. The summed E-state index contributed by atoms with van der Waals surface area (Å²) in [6.07, 6.45) is -1.26. The molecule has 2 N–H and O–H groups in total. The monoisotopic (exact) mass is 303 g/mol. The van der Waals surface area contributed by atoms with Crippen LogP contribution < -0.4 is 9.64 Å². The third-order valence-electron chi connectivity index (χ3n) is 5.42. The Bertz CT molecular complexity index is 610. The van der Waals surface area contributed by atoms with E-state index in [0.29, 0.717) is 17.9 Å². The van der Waals surface area contributed by atoms with Gasteiger partial charge in [-0.3, -0.25) is 14.5 Å². The van der Waals surface area contributed by atoms with Crippen LogP contribution in [0.4, 0.5) is 5.69 Å². The molecule has 0 aromatic heterocycles. The van der Waals surface area contributed by atoms with Crippen molar-refractivity contribution < 1.29 is 24.5 Å². The quantitative estimate of drug-likeness (QED) is 0.761. The van der Waals surface area contributed by atoms with Crippen molar-refractivity contribution in [3.05, 3.63) is 24.3 Å². The van der Waals surface area contributed by atoms with Gasteiger partial charge in [-0.15, -0.1) is 0 Å². The van der Waals surface area contributed by atoms with E-state index in [-0.39, 0.29) is 23.7 Å². The molecule has 0 unspecified atom stereocenters. The predicted octanol–water partition coefficient (Wildman–Crippen LogP) is 0.172. The Labute approximate surface area is 127 Å². The number of ether oxygens (including phenoxy) is 1. The van der Waals surface area contributed by atoms with Crippen LogP contribution in [0.25, 0.3) is 0 Å². The summed E-state index contributed by atoms with van der Waals surface area (Å²) in [5, 5.41) is 20.0. The molecule has 2 aliphatic carbocycles. The minimum Gasteiger partial charge on any atom is -0.497 e. The molecule has 0 spiro atoms. The summed E-state index contributed by atoms with van der Waals surface area (Å²) < 4.78 is 5.08. The predicted molar refractivity (Wildman–Crippen MR) is 76.1 cm³/mol. The molecule has 22 heavy (non-hydrogen) atoms. The minimum absolute atomic E-state index is 0.265. The molecule has 6 atom stereocenters. The Balaban J connectivity index is 1.69. The van der Waals surface area contributed by atoms with E-state index in [2.05, 4.69) is 0 Å². The summed E-state index contributed by atoms with van der Waals surface area (Å²) >= 11 is 0. The molecule has 3 fully saturated rings. The number of hydrogen-bond donors (Lipinski definition) is 2. The molecule has 1 aromatic rings. The Morgan fingerprint density at radius 1 is 1.00 bits per heavy atom. The molecule has 1 saturated heterocycles. The zero-order valence-electron chi connectivity index (χ0n) is 12.0. The molecule has 4 rings (SSSR count). The lowest BCUT2D eigenvalue weighted by Gasteiger charge is -2.29. The Morgan fingerprint density at radius 3 is 1.95 bits per heavy atom. The fourth-order valence-corrected chi connectivity index (χ4v) is 4.42. The molecule has 6 heteroatoms. The van der Waals surface area contributed by atoms with E-state index in [1.54, 1.807) is 31.4 Å². The van der Waals surface area contributed by atoms with Crippen LogP contribution in [0.5, 0.6) is 5.75 Å². The highest BCUT2D eigenvalue weighted by Gasteiger charge is 2.67. The van der Waals surface area contributed by atoms with Gasteiger partial charge in [0.2, 0.25) is 11.8 Å². The fourth-order valence-electron chi connectivity index (χ4n) is 4.42. The lowest BCUT2D eigenvalue weighted by molar-refractivity contribution is -0.129. The van der Waals surface area contributed by atoms with Gasteiger partial charge in [0.05, 0.1) is 36.8 Å². The largest absolute Gasteiger partial charge is 0.497 e. The van der Waals surface area contributed by atoms with Gasteiger partial charge in [-0.2, -0.15) is 0 Å². The van der Waals surface area contributed by atoms with Crippen molar-refractivity contribution in [3.8, 4) is 5.75 Å². The van der Waals surface area contributed by atoms with Crippen molar-refractivity contribution in [2.75, 3.05) is 12.0 Å². The van der Waals surface area contributed by atoms with Crippen molar-refractivity contribution in [3.63, 3.8) is 0 Å². The number of fused-ring (bicyclic) bond motifs is 5. The van der Waals surface area contributed by atoms with E-state index in [1.165, 1.54) is 4.90 Å². The van der Waals surface area contributed by atoms with Gasteiger partial charge in [0.25, 0.3) is 0 Å². The van der Waals surface area contributed by atoms with E-state index in [0.717, 1.165) is 0 Å². The number of carbonyl (C=O) groups is 2. The first-order valence-corrected chi connectivity index (χ1v) is 7.42. The standard InChI is InChI=1S/C16H17NO5/c1-22-8-4-2-7(3-5-8)17-15(20)11-9-6-10(12(11)16(17)21)14(19)13(9)18/h2-5,9-14,18-19H,6H2,1H3/t9-,10+,11+,12-,13-,14+. The van der Waals surface area contributed by atoms with E-state index in [1.807, 2.05) is 0 Å². The fraction of sp³-hybridized carbons (Fsp3) is 0.500. The number of carbonyl (C=O) groups excluding carboxylic acids is 2. The molecule has 2 saturated carbocycles. The normalized spacial score (nSPS) is 39.5. The van der Waals surface area contributed by atoms with Gasteiger partial charge in [-0.1, -0.05) is 0 Å². The molecule has 1 aliphatic heterocycles. The number of rotatable bonds is 2. The van der Waals surface area contributed by atoms with E-state index in [9.17, 15) is 19.8 Å². The highest BCUT2D eigenvalue weighted by atomic mass is 16.5. The van der Waals surface area contributed by atoms with Gasteiger partial charge in [0.15, 0.2) is 0 Å². The summed E-state index contributed by atoms with van der Waals surface area (Å²) in [5.41, 5.74) is 0.508. The number of hydrogen-bond acceptors (Lipinski definition) is 5. The average Bonchev–Trinajstić information content (AvgIpc) is 3.13. The number of amides is 2. The van der Waals surface area contributed by atoms with Crippen molar-refractivity contribution in [1.82, 2.24) is 0 Å². The second-order valence-electron chi connectivity index (χ2n) is 6.31. The molecular weight excluding hydrogens is 286 g/mol. The Kier molecular flexibility index (Phi) is 2.83. The Morgan fingerprint density at radius 2 is 1.50 bits per heavy atom. The summed E-state index contributed by atoms with van der Waals surface area (Å²) in [6, 6.07) is 6.74. The van der Waals surface area contributed by atoms with Crippen LogP contribution in [-0.2, 0) is 9.59 Å². The maximum absolute atomic E-state index is 12.7. The van der Waals surface area contributed by atoms with E-state index in [4.69, 9.17) is 4.74 Å². The van der Waals surface area contributed by atoms with Crippen LogP contribution in [0.1, 0.15) is 6.42 Å². The first kappa shape index (κ1) is 13.7. The minimum atomic E-state index is -0.904. The molecule has 2 bridgehead atoms. The number of methoxy groups -OCH3 is 1. The lowest BCUT2D eigenvalue weighted by Crippen LogP contribution is -2.43. The third-order valence-corrected chi connectivity index (χ3v) is 5.42. The number of benzene rings is 1. The van der Waals surface area contributed by atoms with Gasteiger partial charge < -0.3 is 14.9 Å². The van der Waals surface area contributed by atoms with Crippen molar-refractivity contribution in [2.45, 2.75) is 18.6 Å². The molecule has 6 nitrogen and oxygen atoms in total. The summed E-state index contributed by atoms with van der Waals surface area (Å²) in [6.45, 7) is 0. The van der Waals surface area contributed by atoms with Crippen molar-refractivity contribution in [1.29, 1.82) is 0 Å². The van der Waals surface area contributed by atoms with Gasteiger partial charge >= 0.3 is 0 Å². The summed E-state index contributed by atoms with van der Waals surface area (Å²) in [5.74, 6) is -1.52. The van der Waals surface area contributed by atoms with E-state index < -0.39 is 24.0 Å². The maximum Gasteiger partial charge on any atom is 0.238 e. The highest BCUT2D eigenvalue weighted by Crippen LogP contribution is 2.56. The first-order chi connectivity index (χ1) is 10.5. The highest BCUT2D eigenvalue weighted by molar-refractivity contribution is 6.22. The molecule has 2 amide bonds. The van der Waals surface area contributed by atoms with Crippen molar-refractivity contribution >= 4 is 17.5 Å². The van der Waals surface area contributed by atoms with Crippen LogP contribution in [0.15, 0.2) is 24.3 Å². The zero-order chi connectivity index (χ0) is 15.6. The van der Waals surface area contributed by atoms with Crippen molar-refractivity contribution in [2.24, 2.45) is 23.7 Å². The summed E-state index contributed by atoms with van der Waals surface area (Å²) in [7, 11) is 1.55. The second-order valence-corrected chi connectivity index (χ2v) is 6.31. The van der Waals surface area contributed by atoms with Crippen LogP contribution in [0, 0.1) is 23.7 Å². The van der Waals surface area contributed by atoms with Gasteiger partial charge in [-0.05, 0) is 30.7 Å². The van der Waals surface area contributed by atoms with Gasteiger partial charge in [-0.25, -0.2) is 0 Å². The number of aliphatic hydroxyl groups excluding tert-OH is 2. The number of aliphatic hydroxyl groups is 2. The van der Waals surface area contributed by atoms with Gasteiger partial charge in [0, 0.05) is 11.8 Å². The zero-order valence-corrected chi connectivity index (χ0v) is 12.0. The smallest absolute Gasteiger partial charge is 0.238 e. The third kappa shape index (κ3) is 1.56. The topological polar surface area (TPSA) is 87.1 Å². The maximum atomic E-state index is 12.7.